The predicted molar refractivity (Wildman–Crippen MR) is 100.0 cm³/mol. The smallest absolute Gasteiger partial charge is 0.411 e. The highest BCUT2D eigenvalue weighted by Gasteiger charge is 2.37. The predicted octanol–water partition coefficient (Wildman–Crippen LogP) is 2.42. The molecule has 1 aliphatic heterocycles. The van der Waals surface area contributed by atoms with Crippen LogP contribution in [0.4, 0.5) is 4.79 Å². The molecule has 2 rings (SSSR count). The van der Waals surface area contributed by atoms with Crippen LogP contribution in [-0.2, 0) is 32.1 Å². The van der Waals surface area contributed by atoms with Crippen molar-refractivity contribution in [2.24, 2.45) is 0 Å². The molecule has 1 atom stereocenters. The molecule has 0 unspecified atom stereocenters. The van der Waals surface area contributed by atoms with Gasteiger partial charge in [-0.25, -0.2) is 9.59 Å². The van der Waals surface area contributed by atoms with Crippen molar-refractivity contribution in [1.82, 2.24) is 10.2 Å². The molecule has 2 amide bonds. The molecule has 1 saturated heterocycles. The number of nitrogens with zero attached hydrogens (tertiary/aromatic N) is 1. The van der Waals surface area contributed by atoms with Crippen molar-refractivity contribution in [3.63, 3.8) is 0 Å². The molecular formula is C20H28N2O5. The topological polar surface area (TPSA) is 84.9 Å². The van der Waals surface area contributed by atoms with Gasteiger partial charge in [0.05, 0.1) is 6.42 Å². The number of ether oxygens (including phenoxy) is 2. The summed E-state index contributed by atoms with van der Waals surface area (Å²) in [4.78, 5) is 37.5. The van der Waals surface area contributed by atoms with Crippen molar-refractivity contribution in [3.05, 3.63) is 35.4 Å². The third kappa shape index (κ3) is 6.27. The number of nitrogens with one attached hydrogen (secondary N) is 1. The molecule has 0 aromatic heterocycles. The lowest BCUT2D eigenvalue weighted by Gasteiger charge is -2.27. The largest absolute Gasteiger partial charge is 0.459 e. The van der Waals surface area contributed by atoms with Gasteiger partial charge in [0.1, 0.15) is 18.2 Å². The van der Waals surface area contributed by atoms with Crippen molar-refractivity contribution in [1.29, 1.82) is 0 Å². The molecule has 1 fully saturated rings. The first-order valence-electron chi connectivity index (χ1n) is 9.14. The zero-order chi connectivity index (χ0) is 20.0. The molecule has 27 heavy (non-hydrogen) atoms. The molecule has 0 aliphatic carbocycles. The van der Waals surface area contributed by atoms with E-state index in [9.17, 15) is 14.4 Å². The first kappa shape index (κ1) is 20.7. The van der Waals surface area contributed by atoms with Crippen molar-refractivity contribution in [2.75, 3.05) is 13.6 Å². The highest BCUT2D eigenvalue weighted by atomic mass is 16.6. The summed E-state index contributed by atoms with van der Waals surface area (Å²) >= 11 is 0. The number of rotatable bonds is 5. The van der Waals surface area contributed by atoms with Gasteiger partial charge in [0.25, 0.3) is 0 Å². The first-order chi connectivity index (χ1) is 12.7. The minimum Gasteiger partial charge on any atom is -0.459 e. The second kappa shape index (κ2) is 8.88. The number of carbonyl (C=O) groups excluding carboxylic acids is 3. The standard InChI is InChI=1S/C20H28N2O5/c1-20(2,3)27-19(25)22-11-5-6-16(22)18(24)26-13-15-9-7-14(8-10-15)12-17(23)21-4/h7-10,16H,5-6,11-13H2,1-4H3,(H,21,23)/t16-/m0/s1. The fourth-order valence-corrected chi connectivity index (χ4v) is 2.83. The number of amides is 2. The molecule has 1 aromatic rings. The fourth-order valence-electron chi connectivity index (χ4n) is 2.83. The van der Waals surface area contributed by atoms with E-state index in [2.05, 4.69) is 5.32 Å². The summed E-state index contributed by atoms with van der Waals surface area (Å²) < 4.78 is 10.8. The molecule has 0 radical (unpaired) electrons. The zero-order valence-electron chi connectivity index (χ0n) is 16.4. The monoisotopic (exact) mass is 376 g/mol. The van der Waals surface area contributed by atoms with Crippen LogP contribution in [0.15, 0.2) is 24.3 Å². The second-order valence-electron chi connectivity index (χ2n) is 7.61. The summed E-state index contributed by atoms with van der Waals surface area (Å²) in [5.74, 6) is -0.481. The zero-order valence-corrected chi connectivity index (χ0v) is 16.4. The molecule has 0 bridgehead atoms. The van der Waals surface area contributed by atoms with E-state index in [4.69, 9.17) is 9.47 Å². The minimum absolute atomic E-state index is 0.0577. The van der Waals surface area contributed by atoms with E-state index >= 15 is 0 Å². The molecule has 1 N–H and O–H groups in total. The molecule has 0 spiro atoms. The summed E-state index contributed by atoms with van der Waals surface area (Å²) in [5, 5.41) is 2.58. The highest BCUT2D eigenvalue weighted by Crippen LogP contribution is 2.22. The Labute approximate surface area is 160 Å². The van der Waals surface area contributed by atoms with E-state index in [1.807, 2.05) is 24.3 Å². The third-order valence-electron chi connectivity index (χ3n) is 4.20. The quantitative estimate of drug-likeness (QED) is 0.798. The lowest BCUT2D eigenvalue weighted by molar-refractivity contribution is -0.150. The maximum atomic E-state index is 12.4. The number of likely N-dealkylation sites (N-methyl/N-ethyl adjacent to an activating group) is 1. The van der Waals surface area contributed by atoms with E-state index in [0.717, 1.165) is 17.5 Å². The average molecular weight is 376 g/mol. The summed E-state index contributed by atoms with van der Waals surface area (Å²) in [6, 6.07) is 6.71. The van der Waals surface area contributed by atoms with Gasteiger partial charge in [-0.15, -0.1) is 0 Å². The van der Waals surface area contributed by atoms with Gasteiger partial charge in [0.15, 0.2) is 0 Å². The van der Waals surface area contributed by atoms with Gasteiger partial charge in [-0.2, -0.15) is 0 Å². The van der Waals surface area contributed by atoms with Crippen LogP contribution in [-0.4, -0.2) is 48.1 Å². The summed E-state index contributed by atoms with van der Waals surface area (Å²) in [5.41, 5.74) is 1.10. The average Bonchev–Trinajstić information content (AvgIpc) is 3.09. The Balaban J connectivity index is 1.89. The summed E-state index contributed by atoms with van der Waals surface area (Å²) in [7, 11) is 1.60. The number of esters is 1. The molecule has 7 nitrogen and oxygen atoms in total. The van der Waals surface area contributed by atoms with Crippen molar-refractivity contribution in [2.45, 2.75) is 58.3 Å². The number of hydrogen-bond donors (Lipinski definition) is 1. The Bertz CT molecular complexity index is 679. The molecule has 7 heteroatoms. The minimum atomic E-state index is -0.607. The van der Waals surface area contributed by atoms with Gasteiger partial charge in [-0.05, 0) is 44.7 Å². The molecular weight excluding hydrogens is 348 g/mol. The molecule has 1 aliphatic rings. The molecule has 148 valence electrons. The van der Waals surface area contributed by atoms with Gasteiger partial charge < -0.3 is 14.8 Å². The van der Waals surface area contributed by atoms with Gasteiger partial charge in [-0.1, -0.05) is 24.3 Å². The van der Waals surface area contributed by atoms with E-state index in [-0.39, 0.29) is 12.5 Å². The first-order valence-corrected chi connectivity index (χ1v) is 9.14. The van der Waals surface area contributed by atoms with E-state index < -0.39 is 23.7 Å². The molecule has 1 heterocycles. The van der Waals surface area contributed by atoms with Crippen molar-refractivity contribution < 1.29 is 23.9 Å². The van der Waals surface area contributed by atoms with Crippen LogP contribution in [0, 0.1) is 0 Å². The fraction of sp³-hybridized carbons (Fsp3) is 0.550. The van der Waals surface area contributed by atoms with Crippen molar-refractivity contribution in [3.8, 4) is 0 Å². The van der Waals surface area contributed by atoms with Crippen molar-refractivity contribution >= 4 is 18.0 Å². The Morgan fingerprint density at radius 3 is 2.37 bits per heavy atom. The lowest BCUT2D eigenvalue weighted by Crippen LogP contribution is -2.44. The van der Waals surface area contributed by atoms with Crippen LogP contribution < -0.4 is 5.32 Å². The Hall–Kier alpha value is -2.57. The van der Waals surface area contributed by atoms with Crippen LogP contribution in [0.25, 0.3) is 0 Å². The SMILES string of the molecule is CNC(=O)Cc1ccc(COC(=O)[C@@H]2CCCN2C(=O)OC(C)(C)C)cc1. The third-order valence-corrected chi connectivity index (χ3v) is 4.20. The van der Waals surface area contributed by atoms with Gasteiger partial charge in [0.2, 0.25) is 5.91 Å². The second-order valence-corrected chi connectivity index (χ2v) is 7.61. The van der Waals surface area contributed by atoms with Crippen LogP contribution >= 0.6 is 0 Å². The van der Waals surface area contributed by atoms with Crippen LogP contribution in [0.2, 0.25) is 0 Å². The molecule has 1 aromatic carbocycles. The maximum absolute atomic E-state index is 12.4. The summed E-state index contributed by atoms with van der Waals surface area (Å²) in [6.07, 6.45) is 1.14. The number of benzene rings is 1. The number of carbonyl (C=O) groups is 3. The van der Waals surface area contributed by atoms with Gasteiger partial charge in [-0.3, -0.25) is 9.69 Å². The summed E-state index contributed by atoms with van der Waals surface area (Å²) in [6.45, 7) is 5.99. The van der Waals surface area contributed by atoms with Gasteiger partial charge in [0, 0.05) is 13.6 Å². The van der Waals surface area contributed by atoms with E-state index in [0.29, 0.717) is 19.4 Å². The normalized spacial score (nSPS) is 16.7. The Morgan fingerprint density at radius 1 is 1.15 bits per heavy atom. The Morgan fingerprint density at radius 2 is 1.78 bits per heavy atom. The van der Waals surface area contributed by atoms with Gasteiger partial charge >= 0.3 is 12.1 Å². The van der Waals surface area contributed by atoms with E-state index in [1.54, 1.807) is 27.8 Å². The maximum Gasteiger partial charge on any atom is 0.411 e. The van der Waals surface area contributed by atoms with Crippen LogP contribution in [0.5, 0.6) is 0 Å². The number of hydrogen-bond acceptors (Lipinski definition) is 5. The van der Waals surface area contributed by atoms with Crippen LogP contribution in [0.3, 0.4) is 0 Å². The Kier molecular flexibility index (Phi) is 6.82. The van der Waals surface area contributed by atoms with E-state index in [1.165, 1.54) is 4.90 Å². The molecule has 0 saturated carbocycles. The van der Waals surface area contributed by atoms with Crippen LogP contribution in [0.1, 0.15) is 44.7 Å². The highest BCUT2D eigenvalue weighted by molar-refractivity contribution is 5.82. The lowest BCUT2D eigenvalue weighted by atomic mass is 10.1. The number of likely N-dealkylation sites (tertiary alicyclic amines) is 1.